The number of aromatic nitrogens is 4. The second-order valence-electron chi connectivity index (χ2n) is 10.2. The van der Waals surface area contributed by atoms with Gasteiger partial charge in [0.15, 0.2) is 5.78 Å². The summed E-state index contributed by atoms with van der Waals surface area (Å²) in [5, 5.41) is 4.13. The average Bonchev–Trinajstić information content (AvgIpc) is 3.65. The van der Waals surface area contributed by atoms with Crippen LogP contribution < -0.4 is 0 Å². The van der Waals surface area contributed by atoms with Crippen LogP contribution in [-0.2, 0) is 12.7 Å². The fourth-order valence-corrected chi connectivity index (χ4v) is 6.00. The minimum Gasteiger partial charge on any atom is -0.322 e. The number of hydrogen-bond donors (Lipinski definition) is 0. The molecular formula is C27H24ClF3N6O2. The minimum atomic E-state index is -4.51. The quantitative estimate of drug-likeness (QED) is 0.327. The number of nitrogens with zero attached hydrogens (tertiary/aromatic N) is 6. The van der Waals surface area contributed by atoms with Crippen molar-refractivity contribution in [3.63, 3.8) is 0 Å². The zero-order valence-corrected chi connectivity index (χ0v) is 21.7. The Morgan fingerprint density at radius 1 is 1.08 bits per heavy atom. The van der Waals surface area contributed by atoms with Crippen LogP contribution in [0.15, 0.2) is 55.0 Å². The fraction of sp³-hybridized carbons (Fsp3) is 0.333. The molecule has 0 bridgehead atoms. The number of fused-ring (bicyclic) bond motifs is 2. The molecule has 4 aromatic rings. The first-order valence-corrected chi connectivity index (χ1v) is 12.9. The Labute approximate surface area is 226 Å². The van der Waals surface area contributed by atoms with Crippen LogP contribution in [0.3, 0.4) is 0 Å². The number of ketones is 1. The van der Waals surface area contributed by atoms with Crippen molar-refractivity contribution in [1.29, 1.82) is 0 Å². The number of Topliss-reactive ketones (excluding diaryl/α,β-unsaturated/α-hetero) is 1. The molecule has 1 amide bonds. The van der Waals surface area contributed by atoms with E-state index < -0.39 is 11.7 Å². The first-order chi connectivity index (χ1) is 18.6. The van der Waals surface area contributed by atoms with Crippen LogP contribution in [0.4, 0.5) is 18.0 Å². The number of carbonyl (C=O) groups is 2. The van der Waals surface area contributed by atoms with Gasteiger partial charge < -0.3 is 4.90 Å². The lowest BCUT2D eigenvalue weighted by Crippen LogP contribution is -2.36. The van der Waals surface area contributed by atoms with Crippen molar-refractivity contribution in [2.75, 3.05) is 26.2 Å². The third kappa shape index (κ3) is 4.70. The van der Waals surface area contributed by atoms with Crippen molar-refractivity contribution in [1.82, 2.24) is 29.0 Å². The Morgan fingerprint density at radius 3 is 2.49 bits per heavy atom. The summed E-state index contributed by atoms with van der Waals surface area (Å²) >= 11 is 6.03. The topological polar surface area (TPSA) is 75.7 Å². The highest BCUT2D eigenvalue weighted by atomic mass is 35.5. The molecule has 1 aromatic carbocycles. The van der Waals surface area contributed by atoms with Crippen molar-refractivity contribution in [2.45, 2.75) is 19.6 Å². The lowest BCUT2D eigenvalue weighted by molar-refractivity contribution is -0.138. The van der Waals surface area contributed by atoms with Crippen molar-refractivity contribution in [3.05, 3.63) is 76.8 Å². The number of carbonyl (C=O) groups excluding carboxylic acids is 2. The number of imidazole rings is 1. The maximum absolute atomic E-state index is 14.1. The number of rotatable bonds is 4. The van der Waals surface area contributed by atoms with E-state index in [1.165, 1.54) is 19.2 Å². The van der Waals surface area contributed by atoms with Crippen LogP contribution in [0.2, 0.25) is 5.02 Å². The monoisotopic (exact) mass is 556 g/mol. The molecule has 39 heavy (non-hydrogen) atoms. The van der Waals surface area contributed by atoms with Crippen molar-refractivity contribution in [3.8, 4) is 11.3 Å². The summed E-state index contributed by atoms with van der Waals surface area (Å²) in [6.07, 6.45) is 0.182. The summed E-state index contributed by atoms with van der Waals surface area (Å²) in [6.45, 7) is 3.59. The standard InChI is InChI=1S/C27H24ClF3N6O2/c1-16(38)25-22(28)15-37(33-25)26(39)35-13-19-11-34(12-20(19)14-35)10-18-6-5-17(8-21(18)27(29,30)31)23-9-32-24-4-2-3-7-36(23)24/h2-9,15,19-20H,10-14H2,1H3. The molecule has 2 saturated heterocycles. The molecule has 0 N–H and O–H groups in total. The first kappa shape index (κ1) is 25.6. The van der Waals surface area contributed by atoms with Gasteiger partial charge in [0.05, 0.1) is 28.7 Å². The molecule has 6 rings (SSSR count). The smallest absolute Gasteiger partial charge is 0.322 e. The minimum absolute atomic E-state index is 0.0449. The van der Waals surface area contributed by atoms with E-state index in [0.29, 0.717) is 43.1 Å². The molecule has 2 fully saturated rings. The van der Waals surface area contributed by atoms with Gasteiger partial charge in [-0.05, 0) is 35.6 Å². The highest BCUT2D eigenvalue weighted by molar-refractivity contribution is 6.33. The van der Waals surface area contributed by atoms with E-state index in [2.05, 4.69) is 10.1 Å². The van der Waals surface area contributed by atoms with Crippen LogP contribution in [0.25, 0.3) is 16.9 Å². The summed E-state index contributed by atoms with van der Waals surface area (Å²) in [5.74, 6) is -0.0525. The van der Waals surface area contributed by atoms with E-state index in [1.54, 1.807) is 39.9 Å². The molecule has 0 radical (unpaired) electrons. The van der Waals surface area contributed by atoms with Gasteiger partial charge in [0.1, 0.15) is 11.3 Å². The van der Waals surface area contributed by atoms with E-state index in [-0.39, 0.29) is 46.5 Å². The van der Waals surface area contributed by atoms with Gasteiger partial charge >= 0.3 is 12.2 Å². The molecule has 12 heteroatoms. The fourth-order valence-electron chi connectivity index (χ4n) is 5.73. The van der Waals surface area contributed by atoms with Gasteiger partial charge in [0.25, 0.3) is 0 Å². The van der Waals surface area contributed by atoms with Gasteiger partial charge in [0.2, 0.25) is 0 Å². The molecule has 0 aliphatic carbocycles. The number of halogens is 4. The summed E-state index contributed by atoms with van der Waals surface area (Å²) in [5.41, 5.74) is 1.31. The third-order valence-corrected chi connectivity index (χ3v) is 7.83. The Balaban J connectivity index is 1.16. The van der Waals surface area contributed by atoms with Crippen LogP contribution in [0, 0.1) is 11.8 Å². The zero-order valence-electron chi connectivity index (χ0n) is 20.9. The SMILES string of the molecule is CC(=O)c1nn(C(=O)N2CC3CN(Cc4ccc(-c5cnc6ccccn56)cc4C(F)(F)F)CC3C2)cc1Cl. The molecule has 0 spiro atoms. The maximum Gasteiger partial charge on any atom is 0.416 e. The Kier molecular flexibility index (Phi) is 6.22. The molecule has 2 unspecified atom stereocenters. The molecule has 3 aromatic heterocycles. The molecule has 2 aliphatic rings. The number of hydrogen-bond acceptors (Lipinski definition) is 5. The van der Waals surface area contributed by atoms with Gasteiger partial charge in [-0.2, -0.15) is 23.0 Å². The van der Waals surface area contributed by atoms with Crippen LogP contribution in [0.1, 0.15) is 28.5 Å². The number of likely N-dealkylation sites (tertiary alicyclic amines) is 2. The Hall–Kier alpha value is -3.70. The summed E-state index contributed by atoms with van der Waals surface area (Å²) in [7, 11) is 0. The Bertz CT molecular complexity index is 1580. The molecule has 5 heterocycles. The molecule has 2 aliphatic heterocycles. The second-order valence-corrected chi connectivity index (χ2v) is 10.6. The van der Waals surface area contributed by atoms with E-state index in [4.69, 9.17) is 11.6 Å². The van der Waals surface area contributed by atoms with Crippen molar-refractivity contribution >= 4 is 29.1 Å². The third-order valence-electron chi connectivity index (χ3n) is 7.55. The highest BCUT2D eigenvalue weighted by Crippen LogP contribution is 2.38. The van der Waals surface area contributed by atoms with Crippen LogP contribution in [-0.4, -0.2) is 67.0 Å². The molecule has 8 nitrogen and oxygen atoms in total. The average molecular weight is 557 g/mol. The lowest BCUT2D eigenvalue weighted by atomic mass is 10.0. The van der Waals surface area contributed by atoms with Gasteiger partial charge in [-0.3, -0.25) is 14.1 Å². The summed E-state index contributed by atoms with van der Waals surface area (Å²) in [4.78, 5) is 32.5. The van der Waals surface area contributed by atoms with E-state index >= 15 is 0 Å². The number of benzene rings is 1. The van der Waals surface area contributed by atoms with Crippen molar-refractivity contribution in [2.24, 2.45) is 11.8 Å². The van der Waals surface area contributed by atoms with Gasteiger partial charge in [-0.1, -0.05) is 29.8 Å². The normalized spacial score (nSPS) is 19.7. The molecule has 0 saturated carbocycles. The van der Waals surface area contributed by atoms with E-state index in [1.807, 2.05) is 17.0 Å². The van der Waals surface area contributed by atoms with Crippen LogP contribution >= 0.6 is 11.6 Å². The first-order valence-electron chi connectivity index (χ1n) is 12.5. The van der Waals surface area contributed by atoms with Crippen LogP contribution in [0.5, 0.6) is 0 Å². The van der Waals surface area contributed by atoms with Gasteiger partial charge in [-0.25, -0.2) is 9.78 Å². The van der Waals surface area contributed by atoms with E-state index in [9.17, 15) is 22.8 Å². The highest BCUT2D eigenvalue weighted by Gasteiger charge is 2.43. The van der Waals surface area contributed by atoms with Crippen molar-refractivity contribution < 1.29 is 22.8 Å². The predicted octanol–water partition coefficient (Wildman–Crippen LogP) is 5.10. The predicted molar refractivity (Wildman–Crippen MR) is 137 cm³/mol. The van der Waals surface area contributed by atoms with E-state index in [0.717, 1.165) is 4.68 Å². The zero-order chi connectivity index (χ0) is 27.5. The summed E-state index contributed by atoms with van der Waals surface area (Å²) < 4.78 is 45.3. The van der Waals surface area contributed by atoms with Gasteiger partial charge in [0, 0.05) is 51.4 Å². The Morgan fingerprint density at radius 2 is 1.82 bits per heavy atom. The summed E-state index contributed by atoms with van der Waals surface area (Å²) in [6, 6.07) is 9.54. The van der Waals surface area contributed by atoms with Gasteiger partial charge in [-0.15, -0.1) is 0 Å². The second kappa shape index (κ2) is 9.49. The number of alkyl halides is 3. The number of pyridine rings is 1. The molecular weight excluding hydrogens is 533 g/mol. The molecule has 2 atom stereocenters. The molecule has 202 valence electrons. The number of amides is 1. The largest absolute Gasteiger partial charge is 0.416 e. The lowest BCUT2D eigenvalue weighted by Gasteiger charge is -2.23. The maximum atomic E-state index is 14.1.